The van der Waals surface area contributed by atoms with E-state index in [9.17, 15) is 9.59 Å². The molecule has 6 heteroatoms. The van der Waals surface area contributed by atoms with Crippen LogP contribution in [0.15, 0.2) is 60.1 Å². The molecule has 1 saturated heterocycles. The van der Waals surface area contributed by atoms with Gasteiger partial charge < -0.3 is 14.8 Å². The Kier molecular flexibility index (Phi) is 5.81. The zero-order chi connectivity index (χ0) is 20.2. The van der Waals surface area contributed by atoms with Gasteiger partial charge in [0.2, 0.25) is 0 Å². The van der Waals surface area contributed by atoms with Gasteiger partial charge in [0.25, 0.3) is 11.8 Å². The second-order valence-corrected chi connectivity index (χ2v) is 8.37. The molecule has 1 aliphatic rings. The molecule has 0 radical (unpaired) electrons. The third kappa shape index (κ3) is 4.27. The van der Waals surface area contributed by atoms with Gasteiger partial charge in [-0.1, -0.05) is 25.0 Å². The second kappa shape index (κ2) is 8.66. The summed E-state index contributed by atoms with van der Waals surface area (Å²) in [5.74, 6) is -0.133. The first-order chi connectivity index (χ1) is 14.1. The van der Waals surface area contributed by atoms with Crippen LogP contribution in [0.25, 0.3) is 0 Å². The lowest BCUT2D eigenvalue weighted by Crippen LogP contribution is -2.35. The molecular formula is C23H25N3O2S. The summed E-state index contributed by atoms with van der Waals surface area (Å²) in [6.45, 7) is 0.750. The van der Waals surface area contributed by atoms with Crippen molar-refractivity contribution in [1.82, 2.24) is 9.47 Å². The van der Waals surface area contributed by atoms with Crippen LogP contribution >= 0.6 is 11.3 Å². The lowest BCUT2D eigenvalue weighted by atomic mass is 10.0. The van der Waals surface area contributed by atoms with Crippen LogP contribution in [0.2, 0.25) is 0 Å². The topological polar surface area (TPSA) is 54.3 Å². The number of rotatable bonds is 4. The van der Waals surface area contributed by atoms with E-state index >= 15 is 0 Å². The molecule has 1 fully saturated rings. The van der Waals surface area contributed by atoms with Crippen molar-refractivity contribution in [2.45, 2.75) is 31.7 Å². The van der Waals surface area contributed by atoms with E-state index in [4.69, 9.17) is 0 Å². The zero-order valence-electron chi connectivity index (χ0n) is 16.5. The SMILES string of the molecule is Cn1cccc1C1CCCCCN1C(=O)c1cccc(NC(=O)c2cccs2)c1. The number of thiophene rings is 1. The van der Waals surface area contributed by atoms with Crippen LogP contribution in [0.5, 0.6) is 0 Å². The summed E-state index contributed by atoms with van der Waals surface area (Å²) in [5.41, 5.74) is 2.41. The molecule has 5 nitrogen and oxygen atoms in total. The van der Waals surface area contributed by atoms with E-state index in [2.05, 4.69) is 16.0 Å². The van der Waals surface area contributed by atoms with E-state index in [1.54, 1.807) is 12.1 Å². The highest BCUT2D eigenvalue weighted by molar-refractivity contribution is 7.12. The number of hydrogen-bond donors (Lipinski definition) is 1. The average Bonchev–Trinajstić information content (AvgIpc) is 3.35. The molecule has 4 rings (SSSR count). The Balaban J connectivity index is 1.57. The number of anilines is 1. The van der Waals surface area contributed by atoms with Gasteiger partial charge in [-0.3, -0.25) is 9.59 Å². The van der Waals surface area contributed by atoms with Crippen molar-refractivity contribution in [3.05, 3.63) is 76.2 Å². The van der Waals surface area contributed by atoms with Gasteiger partial charge in [-0.15, -0.1) is 11.3 Å². The molecule has 1 atom stereocenters. The fraction of sp³-hybridized carbons (Fsp3) is 0.304. The number of likely N-dealkylation sites (tertiary alicyclic amines) is 1. The number of carbonyl (C=O) groups excluding carboxylic acids is 2. The molecule has 1 aliphatic heterocycles. The van der Waals surface area contributed by atoms with E-state index in [0.29, 0.717) is 16.1 Å². The largest absolute Gasteiger partial charge is 0.353 e. The number of amides is 2. The first-order valence-electron chi connectivity index (χ1n) is 10.0. The number of benzene rings is 1. The minimum Gasteiger partial charge on any atom is -0.353 e. The maximum Gasteiger partial charge on any atom is 0.265 e. The van der Waals surface area contributed by atoms with E-state index in [1.807, 2.05) is 53.9 Å². The molecule has 150 valence electrons. The summed E-state index contributed by atoms with van der Waals surface area (Å²) < 4.78 is 2.11. The first kappa shape index (κ1) is 19.5. The Morgan fingerprint density at radius 3 is 2.72 bits per heavy atom. The molecule has 1 unspecified atom stereocenters. The summed E-state index contributed by atoms with van der Waals surface area (Å²) >= 11 is 1.40. The fourth-order valence-corrected chi connectivity index (χ4v) is 4.59. The molecule has 0 bridgehead atoms. The second-order valence-electron chi connectivity index (χ2n) is 7.42. The monoisotopic (exact) mass is 407 g/mol. The maximum atomic E-state index is 13.4. The standard InChI is InChI=1S/C23H25N3O2S/c1-25-13-6-11-19(25)20-10-3-2-4-14-26(20)23(28)17-8-5-9-18(16-17)24-22(27)21-12-7-15-29-21/h5-9,11-13,15-16,20H,2-4,10,14H2,1H3,(H,24,27). The van der Waals surface area contributed by atoms with Gasteiger partial charge in [0.05, 0.1) is 10.9 Å². The van der Waals surface area contributed by atoms with Gasteiger partial charge in [-0.25, -0.2) is 0 Å². The molecule has 2 amide bonds. The summed E-state index contributed by atoms with van der Waals surface area (Å²) in [7, 11) is 2.03. The Morgan fingerprint density at radius 1 is 1.07 bits per heavy atom. The van der Waals surface area contributed by atoms with Crippen LogP contribution < -0.4 is 5.32 Å². The van der Waals surface area contributed by atoms with E-state index in [1.165, 1.54) is 17.0 Å². The van der Waals surface area contributed by atoms with Crippen LogP contribution in [0.3, 0.4) is 0 Å². The quantitative estimate of drug-likeness (QED) is 0.654. The molecule has 1 N–H and O–H groups in total. The highest BCUT2D eigenvalue weighted by Gasteiger charge is 2.29. The summed E-state index contributed by atoms with van der Waals surface area (Å²) in [6.07, 6.45) is 6.28. The van der Waals surface area contributed by atoms with E-state index in [0.717, 1.165) is 32.2 Å². The predicted molar refractivity (Wildman–Crippen MR) is 116 cm³/mol. The van der Waals surface area contributed by atoms with E-state index in [-0.39, 0.29) is 17.9 Å². The number of aromatic nitrogens is 1. The van der Waals surface area contributed by atoms with Gasteiger partial charge in [0.15, 0.2) is 0 Å². The lowest BCUT2D eigenvalue weighted by Gasteiger charge is -2.31. The van der Waals surface area contributed by atoms with Crippen LogP contribution in [-0.4, -0.2) is 27.8 Å². The molecule has 1 aromatic carbocycles. The Hall–Kier alpha value is -2.86. The number of aryl methyl sites for hydroxylation is 1. The number of hydrogen-bond acceptors (Lipinski definition) is 3. The summed E-state index contributed by atoms with van der Waals surface area (Å²) in [4.78, 5) is 28.4. The molecule has 0 saturated carbocycles. The smallest absolute Gasteiger partial charge is 0.265 e. The zero-order valence-corrected chi connectivity index (χ0v) is 17.3. The van der Waals surface area contributed by atoms with Gasteiger partial charge in [0, 0.05) is 36.7 Å². The highest BCUT2D eigenvalue weighted by atomic mass is 32.1. The molecule has 2 aromatic heterocycles. The van der Waals surface area contributed by atoms with Crippen molar-refractivity contribution in [1.29, 1.82) is 0 Å². The molecule has 0 aliphatic carbocycles. The van der Waals surface area contributed by atoms with Crippen molar-refractivity contribution >= 4 is 28.8 Å². The van der Waals surface area contributed by atoms with Crippen molar-refractivity contribution in [2.24, 2.45) is 7.05 Å². The van der Waals surface area contributed by atoms with Gasteiger partial charge in [-0.05, 0) is 54.6 Å². The van der Waals surface area contributed by atoms with Gasteiger partial charge in [-0.2, -0.15) is 0 Å². The number of nitrogens with zero attached hydrogens (tertiary/aromatic N) is 2. The van der Waals surface area contributed by atoms with Crippen molar-refractivity contribution in [3.8, 4) is 0 Å². The summed E-state index contributed by atoms with van der Waals surface area (Å²) in [6, 6.07) is 15.1. The lowest BCUT2D eigenvalue weighted by molar-refractivity contribution is 0.0674. The third-order valence-electron chi connectivity index (χ3n) is 5.45. The van der Waals surface area contributed by atoms with Gasteiger partial charge in [0.1, 0.15) is 0 Å². The Bertz CT molecular complexity index is 993. The molecule has 29 heavy (non-hydrogen) atoms. The molecule has 3 aromatic rings. The van der Waals surface area contributed by atoms with Gasteiger partial charge >= 0.3 is 0 Å². The van der Waals surface area contributed by atoms with Crippen LogP contribution in [0, 0.1) is 0 Å². The highest BCUT2D eigenvalue weighted by Crippen LogP contribution is 2.31. The van der Waals surface area contributed by atoms with Crippen molar-refractivity contribution in [2.75, 3.05) is 11.9 Å². The normalized spacial score (nSPS) is 17.0. The third-order valence-corrected chi connectivity index (χ3v) is 6.32. The van der Waals surface area contributed by atoms with Crippen LogP contribution in [0.1, 0.15) is 57.4 Å². The number of nitrogens with one attached hydrogen (secondary N) is 1. The van der Waals surface area contributed by atoms with E-state index < -0.39 is 0 Å². The Morgan fingerprint density at radius 2 is 1.97 bits per heavy atom. The van der Waals surface area contributed by atoms with Crippen molar-refractivity contribution < 1.29 is 9.59 Å². The Labute approximate surface area is 175 Å². The fourth-order valence-electron chi connectivity index (χ4n) is 3.98. The predicted octanol–water partition coefficient (Wildman–Crippen LogP) is 5.10. The number of carbonyl (C=O) groups is 2. The molecular weight excluding hydrogens is 382 g/mol. The average molecular weight is 408 g/mol. The minimum absolute atomic E-state index is 0.0188. The van der Waals surface area contributed by atoms with Crippen LogP contribution in [0.4, 0.5) is 5.69 Å². The summed E-state index contributed by atoms with van der Waals surface area (Å²) in [5, 5.41) is 4.77. The van der Waals surface area contributed by atoms with Crippen LogP contribution in [-0.2, 0) is 7.05 Å². The maximum absolute atomic E-state index is 13.4. The molecule has 0 spiro atoms. The van der Waals surface area contributed by atoms with Crippen molar-refractivity contribution in [3.63, 3.8) is 0 Å². The first-order valence-corrected chi connectivity index (χ1v) is 10.9. The minimum atomic E-state index is -0.152. The molecule has 3 heterocycles.